The molecule has 0 aliphatic heterocycles. The van der Waals surface area contributed by atoms with Gasteiger partial charge in [0.2, 0.25) is 0 Å². The average molecular weight is 293 g/mol. The second-order valence-corrected chi connectivity index (χ2v) is 4.15. The first kappa shape index (κ1) is 14.8. The van der Waals surface area contributed by atoms with Gasteiger partial charge in [-0.05, 0) is 18.2 Å². The van der Waals surface area contributed by atoms with Crippen molar-refractivity contribution in [1.29, 1.82) is 0 Å². The van der Waals surface area contributed by atoms with Crippen LogP contribution in [0, 0.1) is 11.6 Å². The van der Waals surface area contributed by atoms with E-state index in [4.69, 9.17) is 15.2 Å². The highest BCUT2D eigenvalue weighted by Gasteiger charge is 2.16. The van der Waals surface area contributed by atoms with Crippen LogP contribution in [0.15, 0.2) is 42.5 Å². The van der Waals surface area contributed by atoms with E-state index in [1.54, 1.807) is 24.3 Å². The van der Waals surface area contributed by atoms with E-state index in [0.29, 0.717) is 11.8 Å². The van der Waals surface area contributed by atoms with Gasteiger partial charge in [-0.15, -0.1) is 0 Å². The molecule has 0 saturated carbocycles. The van der Waals surface area contributed by atoms with Crippen molar-refractivity contribution < 1.29 is 23.0 Å². The zero-order chi connectivity index (χ0) is 15.2. The number of ether oxygens (including phenoxy) is 2. The molecule has 0 aliphatic rings. The van der Waals surface area contributed by atoms with Crippen molar-refractivity contribution in [3.63, 3.8) is 0 Å². The molecule has 2 aromatic rings. The maximum Gasteiger partial charge on any atom is 0.341 e. The molecule has 0 amide bonds. The van der Waals surface area contributed by atoms with Crippen LogP contribution in [0.3, 0.4) is 0 Å². The molecule has 2 rings (SSSR count). The molecule has 6 heteroatoms. The summed E-state index contributed by atoms with van der Waals surface area (Å²) in [7, 11) is 0. The Kier molecular flexibility index (Phi) is 4.71. The lowest BCUT2D eigenvalue weighted by molar-refractivity contribution is 0.0444. The predicted molar refractivity (Wildman–Crippen MR) is 73.0 cm³/mol. The van der Waals surface area contributed by atoms with Crippen LogP contribution in [0.5, 0.6) is 5.75 Å². The molecule has 0 heterocycles. The maximum atomic E-state index is 13.5. The van der Waals surface area contributed by atoms with Gasteiger partial charge in [0.05, 0.1) is 11.3 Å². The van der Waals surface area contributed by atoms with E-state index in [9.17, 15) is 13.6 Å². The lowest BCUT2D eigenvalue weighted by Gasteiger charge is -2.08. The summed E-state index contributed by atoms with van der Waals surface area (Å²) in [5.41, 5.74) is 4.33. The van der Waals surface area contributed by atoms with E-state index >= 15 is 0 Å². The van der Waals surface area contributed by atoms with Crippen LogP contribution >= 0.6 is 0 Å². The zero-order valence-electron chi connectivity index (χ0n) is 11.0. The van der Waals surface area contributed by atoms with Crippen LogP contribution in [0.25, 0.3) is 0 Å². The quantitative estimate of drug-likeness (QED) is 0.523. The fraction of sp³-hybridized carbons (Fsp3) is 0.133. The molecule has 0 spiro atoms. The Balaban J connectivity index is 1.86. The normalized spacial score (nSPS) is 10.2. The Hall–Kier alpha value is -2.63. The number of carbonyl (C=O) groups excluding carboxylic acids is 1. The molecular formula is C15H13F2NO3. The monoisotopic (exact) mass is 293 g/mol. The fourth-order valence-corrected chi connectivity index (χ4v) is 1.61. The van der Waals surface area contributed by atoms with Gasteiger partial charge in [0.25, 0.3) is 0 Å². The van der Waals surface area contributed by atoms with E-state index < -0.39 is 23.2 Å². The third-order valence-corrected chi connectivity index (χ3v) is 2.63. The van der Waals surface area contributed by atoms with Gasteiger partial charge in [-0.3, -0.25) is 0 Å². The molecule has 0 radical (unpaired) electrons. The van der Waals surface area contributed by atoms with E-state index in [2.05, 4.69) is 0 Å². The minimum absolute atomic E-state index is 0.0842. The van der Waals surface area contributed by atoms with Crippen molar-refractivity contribution in [1.82, 2.24) is 0 Å². The van der Waals surface area contributed by atoms with Crippen LogP contribution in [0.1, 0.15) is 10.4 Å². The Bertz CT molecular complexity index is 632. The van der Waals surface area contributed by atoms with Gasteiger partial charge in [-0.2, -0.15) is 0 Å². The topological polar surface area (TPSA) is 61.6 Å². The van der Waals surface area contributed by atoms with Gasteiger partial charge in [-0.1, -0.05) is 18.2 Å². The number of benzene rings is 2. The van der Waals surface area contributed by atoms with Crippen LogP contribution in [-0.2, 0) is 4.74 Å². The first-order valence-electron chi connectivity index (χ1n) is 6.17. The molecule has 2 N–H and O–H groups in total. The van der Waals surface area contributed by atoms with Crippen LogP contribution in [0.2, 0.25) is 0 Å². The number of rotatable bonds is 5. The summed E-state index contributed by atoms with van der Waals surface area (Å²) in [5.74, 6) is -2.15. The number of anilines is 1. The molecular weight excluding hydrogens is 280 g/mol. The Labute approximate surface area is 120 Å². The highest BCUT2D eigenvalue weighted by atomic mass is 19.1. The average Bonchev–Trinajstić information content (AvgIpc) is 2.48. The molecule has 0 aliphatic carbocycles. The molecule has 21 heavy (non-hydrogen) atoms. The third-order valence-electron chi connectivity index (χ3n) is 2.63. The van der Waals surface area contributed by atoms with Gasteiger partial charge in [0.15, 0.2) is 0 Å². The molecule has 2 aromatic carbocycles. The number of para-hydroxylation sites is 1. The molecule has 4 nitrogen and oxygen atoms in total. The summed E-state index contributed by atoms with van der Waals surface area (Å²) in [6.07, 6.45) is 0. The van der Waals surface area contributed by atoms with Crippen LogP contribution in [0.4, 0.5) is 14.5 Å². The summed E-state index contributed by atoms with van der Waals surface area (Å²) < 4.78 is 36.8. The highest BCUT2D eigenvalue weighted by Crippen LogP contribution is 2.17. The molecule has 110 valence electrons. The van der Waals surface area contributed by atoms with Crippen molar-refractivity contribution in [2.24, 2.45) is 0 Å². The second-order valence-electron chi connectivity index (χ2n) is 4.15. The highest BCUT2D eigenvalue weighted by molar-refractivity contribution is 5.90. The SMILES string of the molecule is Nc1cc(F)c(C(=O)OCCOc2ccccc2)cc1F. The molecule has 0 fully saturated rings. The van der Waals surface area contributed by atoms with E-state index in [-0.39, 0.29) is 18.9 Å². The summed E-state index contributed by atoms with van der Waals surface area (Å²) in [4.78, 5) is 11.6. The van der Waals surface area contributed by atoms with Crippen LogP contribution in [-0.4, -0.2) is 19.2 Å². The van der Waals surface area contributed by atoms with E-state index in [1.807, 2.05) is 6.07 Å². The largest absolute Gasteiger partial charge is 0.490 e. The smallest absolute Gasteiger partial charge is 0.341 e. The van der Waals surface area contributed by atoms with E-state index in [0.717, 1.165) is 6.07 Å². The number of nitrogens with two attached hydrogens (primary N) is 1. The minimum atomic E-state index is -0.969. The molecule has 0 saturated heterocycles. The number of halogens is 2. The maximum absolute atomic E-state index is 13.5. The number of hydrogen-bond acceptors (Lipinski definition) is 4. The molecule has 0 unspecified atom stereocenters. The lowest BCUT2D eigenvalue weighted by Crippen LogP contribution is -2.14. The predicted octanol–water partition coefficient (Wildman–Crippen LogP) is 2.78. The third kappa shape index (κ3) is 3.92. The Morgan fingerprint density at radius 3 is 2.48 bits per heavy atom. The summed E-state index contributed by atoms with van der Waals surface area (Å²) >= 11 is 0. The first-order chi connectivity index (χ1) is 10.1. The van der Waals surface area contributed by atoms with Crippen molar-refractivity contribution in [2.75, 3.05) is 18.9 Å². The van der Waals surface area contributed by atoms with Crippen molar-refractivity contribution in [2.45, 2.75) is 0 Å². The molecule has 0 aromatic heterocycles. The number of esters is 1. The standard InChI is InChI=1S/C15H13F2NO3/c16-12-9-14(18)13(17)8-11(12)15(19)21-7-6-20-10-4-2-1-3-5-10/h1-5,8-9H,6-7,18H2. The second kappa shape index (κ2) is 6.69. The van der Waals surface area contributed by atoms with Gasteiger partial charge >= 0.3 is 5.97 Å². The van der Waals surface area contributed by atoms with Gasteiger partial charge in [0.1, 0.15) is 30.6 Å². The van der Waals surface area contributed by atoms with Crippen molar-refractivity contribution in [3.05, 3.63) is 59.7 Å². The number of nitrogen functional groups attached to an aromatic ring is 1. The Morgan fingerprint density at radius 2 is 1.76 bits per heavy atom. The van der Waals surface area contributed by atoms with Crippen molar-refractivity contribution >= 4 is 11.7 Å². The van der Waals surface area contributed by atoms with Crippen LogP contribution < -0.4 is 10.5 Å². The van der Waals surface area contributed by atoms with Gasteiger partial charge < -0.3 is 15.2 Å². The molecule has 0 atom stereocenters. The lowest BCUT2D eigenvalue weighted by atomic mass is 10.2. The summed E-state index contributed by atoms with van der Waals surface area (Å²) in [5, 5.41) is 0. The minimum Gasteiger partial charge on any atom is -0.490 e. The summed E-state index contributed by atoms with van der Waals surface area (Å²) in [6, 6.07) is 10.4. The zero-order valence-corrected chi connectivity index (χ0v) is 11.0. The van der Waals surface area contributed by atoms with Gasteiger partial charge in [0, 0.05) is 6.07 Å². The van der Waals surface area contributed by atoms with E-state index in [1.165, 1.54) is 0 Å². The van der Waals surface area contributed by atoms with Gasteiger partial charge in [-0.25, -0.2) is 13.6 Å². The Morgan fingerprint density at radius 1 is 1.05 bits per heavy atom. The first-order valence-corrected chi connectivity index (χ1v) is 6.17. The number of carbonyl (C=O) groups is 1. The van der Waals surface area contributed by atoms with Crippen molar-refractivity contribution in [3.8, 4) is 5.75 Å². The fourth-order valence-electron chi connectivity index (χ4n) is 1.61. The summed E-state index contributed by atoms with van der Waals surface area (Å²) in [6.45, 7) is 0.0218. The molecule has 0 bridgehead atoms. The number of hydrogen-bond donors (Lipinski definition) is 1.